The molecule has 110 valence electrons. The van der Waals surface area contributed by atoms with Crippen LogP contribution >= 0.6 is 0 Å². The Labute approximate surface area is 123 Å². The highest BCUT2D eigenvalue weighted by Gasteiger charge is 2.24. The molecular weight excluding hydrogens is 266 g/mol. The van der Waals surface area contributed by atoms with Crippen molar-refractivity contribution in [2.75, 3.05) is 19.6 Å². The Morgan fingerprint density at radius 1 is 1.43 bits per heavy atom. The summed E-state index contributed by atoms with van der Waals surface area (Å²) in [6, 6.07) is 5.93. The van der Waals surface area contributed by atoms with Crippen LogP contribution in [0, 0.1) is 6.92 Å². The topological polar surface area (TPSA) is 63.1 Å². The summed E-state index contributed by atoms with van der Waals surface area (Å²) in [6.45, 7) is 6.51. The van der Waals surface area contributed by atoms with Crippen LogP contribution in [-0.2, 0) is 0 Å². The van der Waals surface area contributed by atoms with Gasteiger partial charge in [-0.15, -0.1) is 0 Å². The Morgan fingerprint density at radius 3 is 2.95 bits per heavy atom. The largest absolute Gasteiger partial charge is 0.333 e. The Morgan fingerprint density at radius 2 is 2.29 bits per heavy atom. The van der Waals surface area contributed by atoms with Crippen LogP contribution in [0.3, 0.4) is 0 Å². The normalized spacial score (nSPS) is 18.8. The molecule has 21 heavy (non-hydrogen) atoms. The summed E-state index contributed by atoms with van der Waals surface area (Å²) in [7, 11) is 0. The fraction of sp³-hybridized carbons (Fsp3) is 0.400. The van der Waals surface area contributed by atoms with E-state index < -0.39 is 0 Å². The molecule has 0 saturated carbocycles. The van der Waals surface area contributed by atoms with Crippen molar-refractivity contribution >= 4 is 5.91 Å². The zero-order valence-corrected chi connectivity index (χ0v) is 12.3. The molecule has 1 unspecified atom stereocenters. The summed E-state index contributed by atoms with van der Waals surface area (Å²) in [5.41, 5.74) is 2.68. The summed E-state index contributed by atoms with van der Waals surface area (Å²) in [4.78, 5) is 18.5. The highest BCUT2D eigenvalue weighted by atomic mass is 16.2. The van der Waals surface area contributed by atoms with Crippen molar-refractivity contribution in [3.8, 4) is 5.69 Å². The molecule has 1 aliphatic rings. The van der Waals surface area contributed by atoms with E-state index in [1.54, 1.807) is 11.0 Å². The van der Waals surface area contributed by atoms with Gasteiger partial charge in [0.25, 0.3) is 5.91 Å². The lowest BCUT2D eigenvalue weighted by Crippen LogP contribution is -2.52. The van der Waals surface area contributed by atoms with E-state index in [0.29, 0.717) is 0 Å². The van der Waals surface area contributed by atoms with Gasteiger partial charge in [0.15, 0.2) is 0 Å². The van der Waals surface area contributed by atoms with Crippen LogP contribution < -0.4 is 5.32 Å². The van der Waals surface area contributed by atoms with Gasteiger partial charge in [-0.2, -0.15) is 5.10 Å². The minimum Gasteiger partial charge on any atom is -0.333 e. The maximum atomic E-state index is 12.6. The second kappa shape index (κ2) is 5.65. The first-order chi connectivity index (χ1) is 10.2. The first kappa shape index (κ1) is 13.8. The predicted molar refractivity (Wildman–Crippen MR) is 79.5 cm³/mol. The summed E-state index contributed by atoms with van der Waals surface area (Å²) >= 11 is 0. The van der Waals surface area contributed by atoms with Crippen molar-refractivity contribution < 1.29 is 4.79 Å². The molecule has 1 N–H and O–H groups in total. The van der Waals surface area contributed by atoms with Crippen molar-refractivity contribution in [1.82, 2.24) is 25.0 Å². The van der Waals surface area contributed by atoms with Crippen LogP contribution in [0.2, 0.25) is 0 Å². The molecule has 3 rings (SSSR count). The van der Waals surface area contributed by atoms with Crippen LogP contribution in [0.15, 0.2) is 30.9 Å². The maximum absolute atomic E-state index is 12.6. The minimum absolute atomic E-state index is 0.0947. The van der Waals surface area contributed by atoms with E-state index in [9.17, 15) is 4.79 Å². The number of piperazine rings is 1. The number of nitrogens with one attached hydrogen (secondary N) is 1. The molecule has 1 fully saturated rings. The maximum Gasteiger partial charge on any atom is 0.254 e. The zero-order chi connectivity index (χ0) is 14.8. The number of aryl methyl sites for hydroxylation is 1. The van der Waals surface area contributed by atoms with Gasteiger partial charge in [0.1, 0.15) is 12.7 Å². The van der Waals surface area contributed by atoms with Crippen LogP contribution in [0.1, 0.15) is 22.8 Å². The number of aromatic nitrogens is 3. The smallest absolute Gasteiger partial charge is 0.254 e. The molecular formula is C15H19N5O. The lowest BCUT2D eigenvalue weighted by molar-refractivity contribution is 0.0655. The molecule has 0 spiro atoms. The van der Waals surface area contributed by atoms with Gasteiger partial charge in [-0.1, -0.05) is 0 Å². The van der Waals surface area contributed by atoms with E-state index in [-0.39, 0.29) is 11.9 Å². The van der Waals surface area contributed by atoms with Gasteiger partial charge >= 0.3 is 0 Å². The third-order valence-electron chi connectivity index (χ3n) is 3.87. The van der Waals surface area contributed by atoms with Gasteiger partial charge in [-0.25, -0.2) is 9.67 Å². The number of rotatable bonds is 2. The van der Waals surface area contributed by atoms with Crippen LogP contribution in [0.5, 0.6) is 0 Å². The van der Waals surface area contributed by atoms with Gasteiger partial charge in [-0.05, 0) is 37.6 Å². The fourth-order valence-electron chi connectivity index (χ4n) is 2.69. The Kier molecular flexibility index (Phi) is 3.70. The number of carbonyl (C=O) groups is 1. The van der Waals surface area contributed by atoms with Crippen LogP contribution in [0.25, 0.3) is 5.69 Å². The number of amides is 1. The second-order valence-electron chi connectivity index (χ2n) is 5.39. The zero-order valence-electron chi connectivity index (χ0n) is 12.3. The van der Waals surface area contributed by atoms with Crippen molar-refractivity contribution in [1.29, 1.82) is 0 Å². The molecule has 0 radical (unpaired) electrons. The number of carbonyl (C=O) groups excluding carboxylic acids is 1. The molecule has 0 bridgehead atoms. The van der Waals surface area contributed by atoms with Crippen molar-refractivity contribution in [2.45, 2.75) is 19.9 Å². The van der Waals surface area contributed by atoms with E-state index >= 15 is 0 Å². The number of benzene rings is 1. The molecule has 2 heterocycles. The summed E-state index contributed by atoms with van der Waals surface area (Å²) < 4.78 is 1.71. The van der Waals surface area contributed by atoms with Crippen LogP contribution in [0.4, 0.5) is 0 Å². The summed E-state index contributed by atoms with van der Waals surface area (Å²) in [6.07, 6.45) is 3.16. The monoisotopic (exact) mass is 285 g/mol. The van der Waals surface area contributed by atoms with Gasteiger partial charge in [0.2, 0.25) is 0 Å². The molecule has 2 aromatic rings. The van der Waals surface area contributed by atoms with Gasteiger partial charge in [0.05, 0.1) is 5.69 Å². The third-order valence-corrected chi connectivity index (χ3v) is 3.87. The SMILES string of the molecule is Cc1cc(C(=O)N2CCNCC2C)ccc1-n1cncn1. The summed E-state index contributed by atoms with van der Waals surface area (Å²) in [5.74, 6) is 0.0947. The molecule has 6 nitrogen and oxygen atoms in total. The van der Waals surface area contributed by atoms with Gasteiger partial charge in [-0.3, -0.25) is 4.79 Å². The lowest BCUT2D eigenvalue weighted by atomic mass is 10.1. The number of hydrogen-bond donors (Lipinski definition) is 1. The third kappa shape index (κ3) is 2.67. The molecule has 1 aromatic carbocycles. The van der Waals surface area contributed by atoms with Crippen molar-refractivity contribution in [3.05, 3.63) is 42.0 Å². The molecule has 1 saturated heterocycles. The van der Waals surface area contributed by atoms with Crippen LogP contribution in [-0.4, -0.2) is 51.2 Å². The van der Waals surface area contributed by atoms with Crippen molar-refractivity contribution in [3.63, 3.8) is 0 Å². The minimum atomic E-state index is 0.0947. The Balaban J connectivity index is 1.86. The number of nitrogens with zero attached hydrogens (tertiary/aromatic N) is 4. The fourth-order valence-corrected chi connectivity index (χ4v) is 2.69. The molecule has 1 aliphatic heterocycles. The number of hydrogen-bond acceptors (Lipinski definition) is 4. The highest BCUT2D eigenvalue weighted by Crippen LogP contribution is 2.17. The molecule has 6 heteroatoms. The second-order valence-corrected chi connectivity index (χ2v) is 5.39. The van der Waals surface area contributed by atoms with E-state index in [0.717, 1.165) is 36.4 Å². The first-order valence-electron chi connectivity index (χ1n) is 7.14. The van der Waals surface area contributed by atoms with Gasteiger partial charge < -0.3 is 10.2 Å². The molecule has 1 amide bonds. The molecule has 1 aromatic heterocycles. The van der Waals surface area contributed by atoms with Crippen molar-refractivity contribution in [2.24, 2.45) is 0 Å². The molecule has 1 atom stereocenters. The van der Waals surface area contributed by atoms with E-state index in [2.05, 4.69) is 22.3 Å². The highest BCUT2D eigenvalue weighted by molar-refractivity contribution is 5.95. The van der Waals surface area contributed by atoms with E-state index in [1.807, 2.05) is 30.0 Å². The summed E-state index contributed by atoms with van der Waals surface area (Å²) in [5, 5.41) is 7.42. The Hall–Kier alpha value is -2.21. The predicted octanol–water partition coefficient (Wildman–Crippen LogP) is 1.01. The van der Waals surface area contributed by atoms with Gasteiger partial charge in [0, 0.05) is 31.2 Å². The van der Waals surface area contributed by atoms with E-state index in [1.165, 1.54) is 6.33 Å². The van der Waals surface area contributed by atoms with E-state index in [4.69, 9.17) is 0 Å². The molecule has 0 aliphatic carbocycles. The standard InChI is InChI=1S/C15H19N5O/c1-11-7-13(3-4-14(11)20-10-17-9-18-20)15(21)19-6-5-16-8-12(19)2/h3-4,7,9-10,12,16H,5-6,8H2,1-2H3. The quantitative estimate of drug-likeness (QED) is 0.894. The first-order valence-corrected chi connectivity index (χ1v) is 7.14. The lowest BCUT2D eigenvalue weighted by Gasteiger charge is -2.34. The average Bonchev–Trinajstić information content (AvgIpc) is 3.01. The average molecular weight is 285 g/mol. The Bertz CT molecular complexity index is 638.